The van der Waals surface area contributed by atoms with Crippen molar-refractivity contribution in [3.8, 4) is 0 Å². The van der Waals surface area contributed by atoms with Gasteiger partial charge < -0.3 is 5.32 Å². The molecular weight excluding hydrogens is 288 g/mol. The van der Waals surface area contributed by atoms with E-state index in [2.05, 4.69) is 20.3 Å². The van der Waals surface area contributed by atoms with Crippen molar-refractivity contribution in [2.45, 2.75) is 31.3 Å². The Bertz CT molecular complexity index is 712. The van der Waals surface area contributed by atoms with Crippen LogP contribution < -0.4 is 5.32 Å². The van der Waals surface area contributed by atoms with Crippen molar-refractivity contribution in [2.24, 2.45) is 0 Å². The molecule has 0 saturated heterocycles. The monoisotopic (exact) mass is 306 g/mol. The minimum atomic E-state index is -3.25. The van der Waals surface area contributed by atoms with E-state index in [-0.39, 0.29) is 10.9 Å². The third-order valence-corrected chi connectivity index (χ3v) is 3.84. The summed E-state index contributed by atoms with van der Waals surface area (Å²) in [7, 11) is -3.25. The number of pyridine rings is 1. The number of hydrogen-bond donors (Lipinski definition) is 1. The number of sulfone groups is 1. The highest BCUT2D eigenvalue weighted by atomic mass is 32.2. The van der Waals surface area contributed by atoms with Crippen molar-refractivity contribution >= 4 is 15.7 Å². The SMILES string of the molecule is CC(C)c1nccc(NCc2ccc(S(C)(=O)=O)nc2)n1. The van der Waals surface area contributed by atoms with Crippen LogP contribution in [0.3, 0.4) is 0 Å². The second kappa shape index (κ2) is 6.17. The van der Waals surface area contributed by atoms with Crippen LogP contribution in [0.4, 0.5) is 5.82 Å². The molecule has 0 aromatic carbocycles. The third kappa shape index (κ3) is 4.22. The van der Waals surface area contributed by atoms with Gasteiger partial charge in [-0.25, -0.2) is 23.4 Å². The molecule has 0 fully saturated rings. The second-order valence-corrected chi connectivity index (χ2v) is 7.05. The summed E-state index contributed by atoms with van der Waals surface area (Å²) in [6.45, 7) is 4.59. The summed E-state index contributed by atoms with van der Waals surface area (Å²) in [5.74, 6) is 1.79. The number of nitrogens with one attached hydrogen (secondary N) is 1. The summed E-state index contributed by atoms with van der Waals surface area (Å²) in [6.07, 6.45) is 4.41. The van der Waals surface area contributed by atoms with E-state index in [1.54, 1.807) is 24.5 Å². The normalized spacial score (nSPS) is 11.6. The van der Waals surface area contributed by atoms with E-state index < -0.39 is 9.84 Å². The van der Waals surface area contributed by atoms with Crippen molar-refractivity contribution in [3.63, 3.8) is 0 Å². The highest BCUT2D eigenvalue weighted by Crippen LogP contribution is 2.12. The predicted octanol–water partition coefficient (Wildman–Crippen LogP) is 2.01. The zero-order chi connectivity index (χ0) is 15.5. The predicted molar refractivity (Wildman–Crippen MR) is 80.8 cm³/mol. The van der Waals surface area contributed by atoms with Crippen LogP contribution in [-0.2, 0) is 16.4 Å². The van der Waals surface area contributed by atoms with Crippen LogP contribution in [0.1, 0.15) is 31.2 Å². The zero-order valence-corrected chi connectivity index (χ0v) is 13.1. The lowest BCUT2D eigenvalue weighted by molar-refractivity contribution is 0.598. The summed E-state index contributed by atoms with van der Waals surface area (Å²) in [4.78, 5) is 12.6. The van der Waals surface area contributed by atoms with E-state index >= 15 is 0 Å². The van der Waals surface area contributed by atoms with E-state index in [1.165, 1.54) is 6.07 Å². The van der Waals surface area contributed by atoms with Crippen molar-refractivity contribution in [1.29, 1.82) is 0 Å². The molecule has 0 bridgehead atoms. The van der Waals surface area contributed by atoms with Crippen LogP contribution in [0, 0.1) is 0 Å². The fraction of sp³-hybridized carbons (Fsp3) is 0.357. The van der Waals surface area contributed by atoms with Crippen molar-refractivity contribution < 1.29 is 8.42 Å². The molecule has 2 aromatic rings. The van der Waals surface area contributed by atoms with Gasteiger partial charge in [-0.3, -0.25) is 0 Å². The number of hydrogen-bond acceptors (Lipinski definition) is 6. The molecule has 0 amide bonds. The smallest absolute Gasteiger partial charge is 0.192 e. The maximum Gasteiger partial charge on any atom is 0.192 e. The molecule has 0 unspecified atom stereocenters. The lowest BCUT2D eigenvalue weighted by Crippen LogP contribution is -2.06. The first kappa shape index (κ1) is 15.4. The Hall–Kier alpha value is -2.02. The first-order valence-corrected chi connectivity index (χ1v) is 8.47. The molecule has 0 radical (unpaired) electrons. The van der Waals surface area contributed by atoms with Crippen LogP contribution in [0.2, 0.25) is 0 Å². The Morgan fingerprint density at radius 3 is 2.52 bits per heavy atom. The lowest BCUT2D eigenvalue weighted by atomic mass is 10.2. The largest absolute Gasteiger partial charge is 0.366 e. The van der Waals surface area contributed by atoms with E-state index in [0.29, 0.717) is 6.54 Å². The number of rotatable bonds is 5. The van der Waals surface area contributed by atoms with Crippen molar-refractivity contribution in [1.82, 2.24) is 15.0 Å². The van der Waals surface area contributed by atoms with Gasteiger partial charge in [-0.2, -0.15) is 0 Å². The standard InChI is InChI=1S/C14H18N4O2S/c1-10(2)14-15-7-6-12(18-14)16-8-11-4-5-13(17-9-11)21(3,19)20/h4-7,9-10H,8H2,1-3H3,(H,15,16,18). The summed E-state index contributed by atoms with van der Waals surface area (Å²) in [6, 6.07) is 5.04. The van der Waals surface area contributed by atoms with Crippen LogP contribution in [-0.4, -0.2) is 29.6 Å². The summed E-state index contributed by atoms with van der Waals surface area (Å²) in [5, 5.41) is 3.25. The minimum Gasteiger partial charge on any atom is -0.366 e. The van der Waals surface area contributed by atoms with Gasteiger partial charge in [0.25, 0.3) is 0 Å². The summed E-state index contributed by atoms with van der Waals surface area (Å²) < 4.78 is 22.7. The molecule has 21 heavy (non-hydrogen) atoms. The maximum absolute atomic E-state index is 11.3. The molecular formula is C14H18N4O2S. The van der Waals surface area contributed by atoms with Crippen molar-refractivity contribution in [3.05, 3.63) is 42.0 Å². The number of anilines is 1. The average Bonchev–Trinajstić information content (AvgIpc) is 2.45. The van der Waals surface area contributed by atoms with Crippen molar-refractivity contribution in [2.75, 3.05) is 11.6 Å². The molecule has 0 atom stereocenters. The maximum atomic E-state index is 11.3. The fourth-order valence-electron chi connectivity index (χ4n) is 1.68. The average molecular weight is 306 g/mol. The Labute approximate surface area is 124 Å². The van der Waals surface area contributed by atoms with Gasteiger partial charge in [0.1, 0.15) is 11.6 Å². The summed E-state index contributed by atoms with van der Waals surface area (Å²) >= 11 is 0. The van der Waals surface area contributed by atoms with Crippen LogP contribution in [0.5, 0.6) is 0 Å². The second-order valence-electron chi connectivity index (χ2n) is 5.09. The Balaban J connectivity index is 2.05. The van der Waals surface area contributed by atoms with Crippen LogP contribution in [0.25, 0.3) is 0 Å². The van der Waals surface area contributed by atoms with Gasteiger partial charge >= 0.3 is 0 Å². The number of aromatic nitrogens is 3. The molecule has 1 N–H and O–H groups in total. The molecule has 2 rings (SSSR count). The van der Waals surface area contributed by atoms with Gasteiger partial charge in [-0.05, 0) is 17.7 Å². The topological polar surface area (TPSA) is 84.8 Å². The lowest BCUT2D eigenvalue weighted by Gasteiger charge is -2.08. The molecule has 0 saturated carbocycles. The molecule has 112 valence electrons. The minimum absolute atomic E-state index is 0.0791. The van der Waals surface area contributed by atoms with E-state index in [9.17, 15) is 8.42 Å². The molecule has 2 heterocycles. The van der Waals surface area contributed by atoms with E-state index in [1.807, 2.05) is 13.8 Å². The van der Waals surface area contributed by atoms with Gasteiger partial charge in [-0.1, -0.05) is 19.9 Å². The third-order valence-electron chi connectivity index (χ3n) is 2.84. The highest BCUT2D eigenvalue weighted by molar-refractivity contribution is 7.90. The first-order valence-electron chi connectivity index (χ1n) is 6.58. The fourth-order valence-corrected chi connectivity index (χ4v) is 2.24. The molecule has 0 aliphatic carbocycles. The molecule has 7 heteroatoms. The quantitative estimate of drug-likeness (QED) is 0.909. The number of nitrogens with zero attached hydrogens (tertiary/aromatic N) is 3. The first-order chi connectivity index (χ1) is 9.86. The van der Waals surface area contributed by atoms with E-state index in [4.69, 9.17) is 0 Å². The zero-order valence-electron chi connectivity index (χ0n) is 12.2. The molecule has 0 aliphatic rings. The molecule has 0 aliphatic heterocycles. The van der Waals surface area contributed by atoms with Gasteiger partial charge in [0.2, 0.25) is 0 Å². The molecule has 2 aromatic heterocycles. The molecule has 6 nitrogen and oxygen atoms in total. The van der Waals surface area contributed by atoms with Gasteiger partial charge in [0, 0.05) is 31.1 Å². The molecule has 0 spiro atoms. The van der Waals surface area contributed by atoms with E-state index in [0.717, 1.165) is 23.5 Å². The van der Waals surface area contributed by atoms with Gasteiger partial charge in [0.05, 0.1) is 0 Å². The Morgan fingerprint density at radius 1 is 1.19 bits per heavy atom. The van der Waals surface area contributed by atoms with Crippen LogP contribution in [0.15, 0.2) is 35.6 Å². The van der Waals surface area contributed by atoms with Gasteiger partial charge in [0.15, 0.2) is 14.9 Å². The van der Waals surface area contributed by atoms with Crippen LogP contribution >= 0.6 is 0 Å². The summed E-state index contributed by atoms with van der Waals surface area (Å²) in [5.41, 5.74) is 0.882. The Kier molecular flexibility index (Phi) is 4.52. The highest BCUT2D eigenvalue weighted by Gasteiger charge is 2.08. The Morgan fingerprint density at radius 2 is 1.95 bits per heavy atom. The van der Waals surface area contributed by atoms with Gasteiger partial charge in [-0.15, -0.1) is 0 Å².